The zero-order valence-electron chi connectivity index (χ0n) is 8.04. The number of nitrogens with zero attached hydrogens (tertiary/aromatic N) is 2. The molecule has 1 aliphatic carbocycles. The summed E-state index contributed by atoms with van der Waals surface area (Å²) < 4.78 is 1.95. The van der Waals surface area contributed by atoms with E-state index in [0.29, 0.717) is 5.92 Å². The van der Waals surface area contributed by atoms with E-state index in [1.807, 2.05) is 11.7 Å². The highest BCUT2D eigenvalue weighted by atomic mass is 15.3. The summed E-state index contributed by atoms with van der Waals surface area (Å²) >= 11 is 0. The van der Waals surface area contributed by atoms with Gasteiger partial charge in [0.2, 0.25) is 0 Å². The van der Waals surface area contributed by atoms with E-state index in [-0.39, 0.29) is 0 Å². The molecular formula is C10H16N2. The monoisotopic (exact) mass is 164 g/mol. The van der Waals surface area contributed by atoms with Gasteiger partial charge in [-0.3, -0.25) is 4.68 Å². The molecule has 0 amide bonds. The predicted molar refractivity (Wildman–Crippen MR) is 49.3 cm³/mol. The first-order chi connectivity index (χ1) is 5.68. The van der Waals surface area contributed by atoms with E-state index in [2.05, 4.69) is 25.1 Å². The highest BCUT2D eigenvalue weighted by Crippen LogP contribution is 2.42. The minimum atomic E-state index is 0.620. The fourth-order valence-electron chi connectivity index (χ4n) is 1.64. The zero-order chi connectivity index (χ0) is 8.72. The SMILES string of the molecule is CC(C)c1cn(C)nc1C1CC1. The molecule has 1 aliphatic rings. The first kappa shape index (κ1) is 7.84. The molecule has 1 saturated carbocycles. The van der Waals surface area contributed by atoms with Crippen LogP contribution in [-0.2, 0) is 7.05 Å². The van der Waals surface area contributed by atoms with E-state index >= 15 is 0 Å². The highest BCUT2D eigenvalue weighted by Gasteiger charge is 2.29. The summed E-state index contributed by atoms with van der Waals surface area (Å²) in [5.41, 5.74) is 2.80. The summed E-state index contributed by atoms with van der Waals surface area (Å²) in [7, 11) is 2.01. The normalized spacial score (nSPS) is 17.3. The Morgan fingerprint density at radius 2 is 2.17 bits per heavy atom. The van der Waals surface area contributed by atoms with Crippen molar-refractivity contribution in [3.05, 3.63) is 17.5 Å². The molecular weight excluding hydrogens is 148 g/mol. The summed E-state index contributed by atoms with van der Waals surface area (Å²) in [5.74, 6) is 1.40. The molecule has 2 heteroatoms. The molecule has 0 atom stereocenters. The third kappa shape index (κ3) is 1.26. The van der Waals surface area contributed by atoms with Crippen molar-refractivity contribution in [2.75, 3.05) is 0 Å². The van der Waals surface area contributed by atoms with E-state index in [9.17, 15) is 0 Å². The molecule has 1 fully saturated rings. The second-order valence-electron chi connectivity index (χ2n) is 4.07. The minimum absolute atomic E-state index is 0.620. The highest BCUT2D eigenvalue weighted by molar-refractivity contribution is 5.27. The Kier molecular flexibility index (Phi) is 1.71. The second-order valence-corrected chi connectivity index (χ2v) is 4.07. The lowest BCUT2D eigenvalue weighted by atomic mass is 10.0. The lowest BCUT2D eigenvalue weighted by Gasteiger charge is -2.02. The van der Waals surface area contributed by atoms with Crippen LogP contribution in [-0.4, -0.2) is 9.78 Å². The Morgan fingerprint density at radius 3 is 2.67 bits per heavy atom. The van der Waals surface area contributed by atoms with Gasteiger partial charge in [-0.15, -0.1) is 0 Å². The second kappa shape index (κ2) is 2.61. The number of hydrogen-bond acceptors (Lipinski definition) is 1. The van der Waals surface area contributed by atoms with E-state index in [0.717, 1.165) is 5.92 Å². The molecule has 1 aromatic rings. The standard InChI is InChI=1S/C10H16N2/c1-7(2)9-6-12(3)11-10(9)8-4-5-8/h6-8H,4-5H2,1-3H3. The van der Waals surface area contributed by atoms with E-state index < -0.39 is 0 Å². The van der Waals surface area contributed by atoms with Crippen molar-refractivity contribution in [2.24, 2.45) is 7.05 Å². The van der Waals surface area contributed by atoms with Gasteiger partial charge in [-0.2, -0.15) is 5.10 Å². The van der Waals surface area contributed by atoms with Gasteiger partial charge in [0.15, 0.2) is 0 Å². The van der Waals surface area contributed by atoms with Gasteiger partial charge < -0.3 is 0 Å². The minimum Gasteiger partial charge on any atom is -0.275 e. The average molecular weight is 164 g/mol. The first-order valence-corrected chi connectivity index (χ1v) is 4.72. The Hall–Kier alpha value is -0.790. The molecule has 0 unspecified atom stereocenters. The van der Waals surface area contributed by atoms with Crippen molar-refractivity contribution in [3.63, 3.8) is 0 Å². The molecule has 2 nitrogen and oxygen atoms in total. The average Bonchev–Trinajstić information content (AvgIpc) is 2.75. The Labute approximate surface area is 73.6 Å². The van der Waals surface area contributed by atoms with Crippen LogP contribution in [0.3, 0.4) is 0 Å². The van der Waals surface area contributed by atoms with Gasteiger partial charge in [0.05, 0.1) is 5.69 Å². The van der Waals surface area contributed by atoms with Crippen LogP contribution in [0.2, 0.25) is 0 Å². The largest absolute Gasteiger partial charge is 0.275 e. The Bertz CT molecular complexity index is 263. The molecule has 1 aromatic heterocycles. The molecule has 0 saturated heterocycles. The lowest BCUT2D eigenvalue weighted by Crippen LogP contribution is -1.91. The van der Waals surface area contributed by atoms with Gasteiger partial charge >= 0.3 is 0 Å². The van der Waals surface area contributed by atoms with Crippen molar-refractivity contribution in [1.82, 2.24) is 9.78 Å². The van der Waals surface area contributed by atoms with Crippen molar-refractivity contribution < 1.29 is 0 Å². The van der Waals surface area contributed by atoms with E-state index in [4.69, 9.17) is 0 Å². The molecule has 0 aromatic carbocycles. The van der Waals surface area contributed by atoms with Gasteiger partial charge in [-0.25, -0.2) is 0 Å². The molecule has 0 spiro atoms. The van der Waals surface area contributed by atoms with Crippen LogP contribution in [0.15, 0.2) is 6.20 Å². The summed E-state index contributed by atoms with van der Waals surface area (Å²) in [6.07, 6.45) is 4.85. The zero-order valence-corrected chi connectivity index (χ0v) is 8.04. The maximum absolute atomic E-state index is 4.51. The molecule has 0 N–H and O–H groups in total. The van der Waals surface area contributed by atoms with Crippen molar-refractivity contribution in [2.45, 2.75) is 38.5 Å². The van der Waals surface area contributed by atoms with Crippen molar-refractivity contribution in [1.29, 1.82) is 0 Å². The fourth-order valence-corrected chi connectivity index (χ4v) is 1.64. The Balaban J connectivity index is 2.36. The first-order valence-electron chi connectivity index (χ1n) is 4.72. The Morgan fingerprint density at radius 1 is 1.50 bits per heavy atom. The van der Waals surface area contributed by atoms with Crippen molar-refractivity contribution in [3.8, 4) is 0 Å². The van der Waals surface area contributed by atoms with Gasteiger partial charge in [0.1, 0.15) is 0 Å². The quantitative estimate of drug-likeness (QED) is 0.656. The summed E-state index contributed by atoms with van der Waals surface area (Å²) in [5, 5.41) is 4.51. The summed E-state index contributed by atoms with van der Waals surface area (Å²) in [6.45, 7) is 4.48. The fraction of sp³-hybridized carbons (Fsp3) is 0.700. The topological polar surface area (TPSA) is 17.8 Å². The molecule has 0 bridgehead atoms. The molecule has 0 aliphatic heterocycles. The molecule has 1 heterocycles. The number of aryl methyl sites for hydroxylation is 1. The van der Waals surface area contributed by atoms with Gasteiger partial charge in [-0.05, 0) is 24.3 Å². The predicted octanol–water partition coefficient (Wildman–Crippen LogP) is 2.42. The molecule has 12 heavy (non-hydrogen) atoms. The molecule has 0 radical (unpaired) electrons. The van der Waals surface area contributed by atoms with Crippen LogP contribution in [0.5, 0.6) is 0 Å². The van der Waals surface area contributed by atoms with Gasteiger partial charge in [-0.1, -0.05) is 13.8 Å². The maximum atomic E-state index is 4.51. The number of hydrogen-bond donors (Lipinski definition) is 0. The molecule has 66 valence electrons. The van der Waals surface area contributed by atoms with Crippen LogP contribution in [0.1, 0.15) is 49.8 Å². The van der Waals surface area contributed by atoms with Gasteiger partial charge in [0.25, 0.3) is 0 Å². The lowest BCUT2D eigenvalue weighted by molar-refractivity contribution is 0.744. The number of aromatic nitrogens is 2. The third-order valence-corrected chi connectivity index (χ3v) is 2.47. The van der Waals surface area contributed by atoms with E-state index in [1.54, 1.807) is 0 Å². The van der Waals surface area contributed by atoms with Crippen LogP contribution >= 0.6 is 0 Å². The van der Waals surface area contributed by atoms with Crippen LogP contribution in [0.4, 0.5) is 0 Å². The number of rotatable bonds is 2. The van der Waals surface area contributed by atoms with Gasteiger partial charge in [0, 0.05) is 19.2 Å². The van der Waals surface area contributed by atoms with Crippen LogP contribution in [0.25, 0.3) is 0 Å². The van der Waals surface area contributed by atoms with Crippen LogP contribution < -0.4 is 0 Å². The van der Waals surface area contributed by atoms with Crippen molar-refractivity contribution >= 4 is 0 Å². The summed E-state index contributed by atoms with van der Waals surface area (Å²) in [4.78, 5) is 0. The smallest absolute Gasteiger partial charge is 0.0689 e. The molecule has 2 rings (SSSR count). The maximum Gasteiger partial charge on any atom is 0.0689 e. The third-order valence-electron chi connectivity index (χ3n) is 2.47. The van der Waals surface area contributed by atoms with E-state index in [1.165, 1.54) is 24.1 Å². The van der Waals surface area contributed by atoms with Crippen LogP contribution in [0, 0.1) is 0 Å². The summed E-state index contributed by atoms with van der Waals surface area (Å²) in [6, 6.07) is 0.